The fourth-order valence-electron chi connectivity index (χ4n) is 5.93. The monoisotopic (exact) mass is 815 g/mol. The third kappa shape index (κ3) is 8.99. The summed E-state index contributed by atoms with van der Waals surface area (Å²) in [5, 5.41) is 5.66. The molecule has 54 heavy (non-hydrogen) atoms. The Hall–Kier alpha value is -5.48. The van der Waals surface area contributed by atoms with Crippen molar-refractivity contribution in [1.29, 1.82) is 0 Å². The number of fused-ring (bicyclic) bond motifs is 1. The first-order valence-corrected chi connectivity index (χ1v) is 19.2. The van der Waals surface area contributed by atoms with Gasteiger partial charge in [-0.15, -0.1) is 0 Å². The average molecular weight is 817 g/mol. The second-order valence-electron chi connectivity index (χ2n) is 12.1. The number of hydrogen-bond donors (Lipinski definition) is 1. The van der Waals surface area contributed by atoms with Crippen LogP contribution in [0.25, 0.3) is 16.8 Å². The summed E-state index contributed by atoms with van der Waals surface area (Å²) >= 11 is 11.3. The van der Waals surface area contributed by atoms with E-state index in [9.17, 15) is 14.4 Å². The van der Waals surface area contributed by atoms with Gasteiger partial charge in [0.05, 0.1) is 21.3 Å². The summed E-state index contributed by atoms with van der Waals surface area (Å²) in [4.78, 5) is 46.8. The van der Waals surface area contributed by atoms with Crippen LogP contribution in [0.5, 0.6) is 5.75 Å². The zero-order valence-electron chi connectivity index (χ0n) is 29.2. The molecule has 1 aliphatic heterocycles. The van der Waals surface area contributed by atoms with Crippen LogP contribution in [0, 0.1) is 0 Å². The second kappa shape index (κ2) is 18.0. The standard InChI is InChI=1S/C44H35BrClN3O4S/c1-3-5-22-34(4-2)49-43(52)36(24-29-25-37(45)41(38(46)26-29)53-27-33-21-14-20-30-15-12-13-23-35(30)33)42(51)48-44(49)54-28-39(50)47-40(31-16-8-6-9-17-31)32-18-10-7-11-19-32/h3-26,40H,1,27-28H2,2H3,(H,47,50)/b22-5-,34-4+,36-24+. The van der Waals surface area contributed by atoms with Gasteiger partial charge in [-0.2, -0.15) is 4.99 Å². The lowest BCUT2D eigenvalue weighted by Crippen LogP contribution is -2.42. The highest BCUT2D eigenvalue weighted by Crippen LogP contribution is 2.37. The molecule has 0 bridgehead atoms. The highest BCUT2D eigenvalue weighted by molar-refractivity contribution is 9.10. The fourth-order valence-corrected chi connectivity index (χ4v) is 7.73. The van der Waals surface area contributed by atoms with Crippen LogP contribution >= 0.6 is 39.3 Å². The van der Waals surface area contributed by atoms with Gasteiger partial charge in [-0.1, -0.05) is 151 Å². The summed E-state index contributed by atoms with van der Waals surface area (Å²) in [5.74, 6) is -1.31. The zero-order chi connectivity index (χ0) is 38.0. The molecule has 6 rings (SSSR count). The number of thioether (sulfide) groups is 1. The van der Waals surface area contributed by atoms with Gasteiger partial charge in [0.2, 0.25) is 5.91 Å². The highest BCUT2D eigenvalue weighted by atomic mass is 79.9. The van der Waals surface area contributed by atoms with Crippen molar-refractivity contribution in [2.24, 2.45) is 4.99 Å². The van der Waals surface area contributed by atoms with Crippen LogP contribution < -0.4 is 10.1 Å². The third-order valence-corrected chi connectivity index (χ3v) is 10.3. The molecule has 0 spiro atoms. The van der Waals surface area contributed by atoms with E-state index in [0.717, 1.165) is 39.2 Å². The minimum Gasteiger partial charge on any atom is -0.486 e. The minimum atomic E-state index is -0.739. The molecule has 0 radical (unpaired) electrons. The maximum Gasteiger partial charge on any atom is 0.285 e. The Morgan fingerprint density at radius 3 is 2.30 bits per heavy atom. The Morgan fingerprint density at radius 2 is 1.63 bits per heavy atom. The lowest BCUT2D eigenvalue weighted by Gasteiger charge is -2.28. The van der Waals surface area contributed by atoms with Crippen molar-refractivity contribution in [3.05, 3.63) is 189 Å². The van der Waals surface area contributed by atoms with Crippen molar-refractivity contribution >= 4 is 79.0 Å². The first-order chi connectivity index (χ1) is 26.3. The molecule has 0 aliphatic carbocycles. The van der Waals surface area contributed by atoms with E-state index in [1.807, 2.05) is 103 Å². The summed E-state index contributed by atoms with van der Waals surface area (Å²) in [6, 6.07) is 36.4. The maximum absolute atomic E-state index is 14.2. The number of nitrogens with zero attached hydrogens (tertiary/aromatic N) is 2. The van der Waals surface area contributed by atoms with E-state index in [0.29, 0.717) is 26.5 Å². The molecule has 0 unspecified atom stereocenters. The molecule has 5 aromatic rings. The maximum atomic E-state index is 14.2. The van der Waals surface area contributed by atoms with Crippen molar-refractivity contribution in [2.75, 3.05) is 5.75 Å². The van der Waals surface area contributed by atoms with Gasteiger partial charge in [-0.3, -0.25) is 19.3 Å². The zero-order valence-corrected chi connectivity index (χ0v) is 32.4. The summed E-state index contributed by atoms with van der Waals surface area (Å²) in [6.45, 7) is 5.79. The van der Waals surface area contributed by atoms with Crippen LogP contribution in [0.15, 0.2) is 167 Å². The number of benzene rings is 5. The van der Waals surface area contributed by atoms with Crippen molar-refractivity contribution in [1.82, 2.24) is 10.2 Å². The van der Waals surface area contributed by atoms with Crippen LogP contribution in [0.3, 0.4) is 0 Å². The van der Waals surface area contributed by atoms with E-state index in [-0.39, 0.29) is 29.0 Å². The number of ether oxygens (including phenoxy) is 1. The number of allylic oxidation sites excluding steroid dienone is 4. The van der Waals surface area contributed by atoms with Gasteiger partial charge < -0.3 is 10.1 Å². The van der Waals surface area contributed by atoms with Crippen molar-refractivity contribution < 1.29 is 19.1 Å². The van der Waals surface area contributed by atoms with Gasteiger partial charge in [-0.05, 0) is 80.2 Å². The number of carbonyl (C=O) groups excluding carboxylic acids is 3. The van der Waals surface area contributed by atoms with Crippen LogP contribution in [-0.4, -0.2) is 33.5 Å². The molecule has 1 aliphatic rings. The lowest BCUT2D eigenvalue weighted by molar-refractivity contribution is -0.126. The quantitative estimate of drug-likeness (QED) is 0.0770. The van der Waals surface area contributed by atoms with Crippen LogP contribution in [0.1, 0.15) is 35.2 Å². The fraction of sp³-hybridized carbons (Fsp3) is 0.0909. The Balaban J connectivity index is 1.24. The number of amides is 3. The van der Waals surface area contributed by atoms with E-state index in [1.165, 1.54) is 11.0 Å². The lowest BCUT2D eigenvalue weighted by atomic mass is 9.99. The van der Waals surface area contributed by atoms with E-state index < -0.39 is 17.9 Å². The minimum absolute atomic E-state index is 0.0754. The first kappa shape index (κ1) is 38.3. The summed E-state index contributed by atoms with van der Waals surface area (Å²) in [7, 11) is 0. The van der Waals surface area contributed by atoms with E-state index in [2.05, 4.69) is 32.8 Å². The SMILES string of the molecule is C=C/C=C\C(=C/C)N1C(=O)/C(=C/c2cc(Cl)c(OCc3cccc4ccccc34)c(Br)c2)C(=O)N=C1SCC(=O)NC(c1ccccc1)c1ccccc1. The van der Waals surface area contributed by atoms with E-state index in [4.69, 9.17) is 16.3 Å². The number of aliphatic imine (C=N–C) groups is 1. The van der Waals surface area contributed by atoms with Gasteiger partial charge in [0, 0.05) is 5.70 Å². The Bertz CT molecular complexity index is 2270. The molecule has 1 heterocycles. The van der Waals surface area contributed by atoms with Gasteiger partial charge in [0.25, 0.3) is 11.8 Å². The largest absolute Gasteiger partial charge is 0.486 e. The second-order valence-corrected chi connectivity index (χ2v) is 14.3. The molecule has 270 valence electrons. The van der Waals surface area contributed by atoms with Crippen LogP contribution in [0.4, 0.5) is 0 Å². The first-order valence-electron chi connectivity index (χ1n) is 17.0. The molecule has 1 N–H and O–H groups in total. The van der Waals surface area contributed by atoms with E-state index >= 15 is 0 Å². The molecule has 0 saturated carbocycles. The van der Waals surface area contributed by atoms with Gasteiger partial charge in [0.15, 0.2) is 10.9 Å². The van der Waals surface area contributed by atoms with Crippen LogP contribution in [0.2, 0.25) is 5.02 Å². The molecule has 3 amide bonds. The molecule has 0 atom stereocenters. The predicted molar refractivity (Wildman–Crippen MR) is 223 cm³/mol. The number of halogens is 2. The van der Waals surface area contributed by atoms with Gasteiger partial charge in [0.1, 0.15) is 12.2 Å². The van der Waals surface area contributed by atoms with E-state index in [1.54, 1.807) is 43.4 Å². The highest BCUT2D eigenvalue weighted by Gasteiger charge is 2.35. The van der Waals surface area contributed by atoms with Crippen molar-refractivity contribution in [3.8, 4) is 5.75 Å². The number of nitrogens with one attached hydrogen (secondary N) is 1. The van der Waals surface area contributed by atoms with Crippen molar-refractivity contribution in [2.45, 2.75) is 19.6 Å². The molecular weight excluding hydrogens is 782 g/mol. The predicted octanol–water partition coefficient (Wildman–Crippen LogP) is 10.2. The van der Waals surface area contributed by atoms with Crippen molar-refractivity contribution in [3.63, 3.8) is 0 Å². The molecule has 7 nitrogen and oxygen atoms in total. The Morgan fingerprint density at radius 1 is 0.963 bits per heavy atom. The topological polar surface area (TPSA) is 88.1 Å². The average Bonchev–Trinajstić information content (AvgIpc) is 3.19. The number of hydrogen-bond acceptors (Lipinski definition) is 5. The molecule has 10 heteroatoms. The summed E-state index contributed by atoms with van der Waals surface area (Å²) in [6.07, 6.45) is 8.11. The number of rotatable bonds is 12. The number of carbonyl (C=O) groups is 3. The molecule has 0 fully saturated rings. The molecule has 5 aromatic carbocycles. The van der Waals surface area contributed by atoms with Gasteiger partial charge >= 0.3 is 0 Å². The summed E-state index contributed by atoms with van der Waals surface area (Å²) < 4.78 is 6.71. The third-order valence-electron chi connectivity index (χ3n) is 8.50. The van der Waals surface area contributed by atoms with Gasteiger partial charge in [-0.25, -0.2) is 0 Å². The molecule has 0 aromatic heterocycles. The number of amidine groups is 1. The normalized spacial score (nSPS) is 14.2. The van der Waals surface area contributed by atoms with Crippen LogP contribution in [-0.2, 0) is 21.0 Å². The molecule has 0 saturated heterocycles. The summed E-state index contributed by atoms with van der Waals surface area (Å²) in [5.41, 5.74) is 3.61. The Kier molecular flexibility index (Phi) is 12.8. The molecular formula is C44H35BrClN3O4S. The Labute approximate surface area is 331 Å². The smallest absolute Gasteiger partial charge is 0.285 e.